The Bertz CT molecular complexity index is 1350. The van der Waals surface area contributed by atoms with Gasteiger partial charge in [-0.15, -0.1) is 5.10 Å². The van der Waals surface area contributed by atoms with E-state index in [1.54, 1.807) is 0 Å². The van der Waals surface area contributed by atoms with E-state index < -0.39 is 0 Å². The molecule has 3 aromatic carbocycles. The van der Waals surface area contributed by atoms with Gasteiger partial charge in [0.1, 0.15) is 11.4 Å². The molecule has 0 atom stereocenters. The van der Waals surface area contributed by atoms with Crippen LogP contribution in [0.1, 0.15) is 5.56 Å². The van der Waals surface area contributed by atoms with Crippen molar-refractivity contribution in [2.45, 2.75) is 6.92 Å². The van der Waals surface area contributed by atoms with Crippen LogP contribution in [0.2, 0.25) is 0 Å². The van der Waals surface area contributed by atoms with E-state index in [4.69, 9.17) is 21.7 Å². The zero-order chi connectivity index (χ0) is 20.5. The number of aromatic nitrogens is 4. The standard InChI is InChI=1S/C24H18N4OS/c1-16-12-14-17(15-13-16)20-21(18-8-4-2-5-9-18)27-28(19-10-6-3-7-11-19)22(20)23-25-26-24(30)29-23/h2-15H,1H3,(H,26,30). The molecule has 0 saturated carbocycles. The lowest BCUT2D eigenvalue weighted by molar-refractivity contribution is 0.547. The third-order valence-corrected chi connectivity index (χ3v) is 5.09. The second-order valence-electron chi connectivity index (χ2n) is 6.97. The van der Waals surface area contributed by atoms with Gasteiger partial charge in [0.2, 0.25) is 0 Å². The molecule has 0 aliphatic carbocycles. The summed E-state index contributed by atoms with van der Waals surface area (Å²) in [5.41, 5.74) is 6.68. The Kier molecular flexibility index (Phi) is 4.61. The fourth-order valence-electron chi connectivity index (χ4n) is 3.49. The van der Waals surface area contributed by atoms with Crippen LogP contribution < -0.4 is 0 Å². The number of aromatic amines is 1. The van der Waals surface area contributed by atoms with Crippen LogP contribution in [0.25, 0.3) is 39.7 Å². The number of para-hydroxylation sites is 1. The maximum Gasteiger partial charge on any atom is 0.284 e. The molecule has 30 heavy (non-hydrogen) atoms. The first kappa shape index (κ1) is 18.3. The highest BCUT2D eigenvalue weighted by atomic mass is 32.1. The van der Waals surface area contributed by atoms with Gasteiger partial charge in [0.15, 0.2) is 0 Å². The molecule has 0 unspecified atom stereocenters. The number of H-pyrrole nitrogens is 1. The van der Waals surface area contributed by atoms with E-state index >= 15 is 0 Å². The first-order chi connectivity index (χ1) is 14.7. The Morgan fingerprint density at radius 2 is 1.50 bits per heavy atom. The second kappa shape index (κ2) is 7.57. The van der Waals surface area contributed by atoms with Gasteiger partial charge in [0.25, 0.3) is 10.7 Å². The molecule has 0 aliphatic heterocycles. The smallest absolute Gasteiger partial charge is 0.284 e. The third-order valence-electron chi connectivity index (χ3n) is 4.91. The van der Waals surface area contributed by atoms with Crippen molar-refractivity contribution >= 4 is 12.2 Å². The van der Waals surface area contributed by atoms with Gasteiger partial charge in [-0.05, 0) is 36.8 Å². The van der Waals surface area contributed by atoms with Crippen molar-refractivity contribution in [1.82, 2.24) is 20.0 Å². The van der Waals surface area contributed by atoms with Crippen LogP contribution in [-0.2, 0) is 0 Å². The lowest BCUT2D eigenvalue weighted by Gasteiger charge is -2.07. The van der Waals surface area contributed by atoms with Gasteiger partial charge < -0.3 is 4.42 Å². The predicted octanol–water partition coefficient (Wildman–Crippen LogP) is 6.23. The lowest BCUT2D eigenvalue weighted by Crippen LogP contribution is -1.99. The number of rotatable bonds is 4. The van der Waals surface area contributed by atoms with Crippen molar-refractivity contribution in [3.8, 4) is 39.7 Å². The van der Waals surface area contributed by atoms with Crippen LogP contribution in [0, 0.1) is 11.8 Å². The van der Waals surface area contributed by atoms with E-state index in [9.17, 15) is 0 Å². The molecular weight excluding hydrogens is 392 g/mol. The van der Waals surface area contributed by atoms with Crippen LogP contribution >= 0.6 is 12.2 Å². The van der Waals surface area contributed by atoms with E-state index in [1.165, 1.54) is 5.56 Å². The van der Waals surface area contributed by atoms with E-state index in [0.29, 0.717) is 5.89 Å². The van der Waals surface area contributed by atoms with Crippen molar-refractivity contribution in [2.75, 3.05) is 0 Å². The largest absolute Gasteiger partial charge is 0.408 e. The molecule has 2 aromatic heterocycles. The Hall–Kier alpha value is -3.77. The molecule has 5 rings (SSSR count). The average molecular weight is 411 g/mol. The zero-order valence-corrected chi connectivity index (χ0v) is 17.1. The van der Waals surface area contributed by atoms with Gasteiger partial charge in [-0.1, -0.05) is 78.4 Å². The monoisotopic (exact) mass is 410 g/mol. The summed E-state index contributed by atoms with van der Waals surface area (Å²) in [4.78, 5) is 0.224. The first-order valence-electron chi connectivity index (χ1n) is 9.57. The summed E-state index contributed by atoms with van der Waals surface area (Å²) in [5.74, 6) is 0.397. The van der Waals surface area contributed by atoms with Crippen LogP contribution in [-0.4, -0.2) is 20.0 Å². The maximum absolute atomic E-state index is 5.75. The molecule has 0 radical (unpaired) electrons. The van der Waals surface area contributed by atoms with Gasteiger partial charge >= 0.3 is 0 Å². The molecule has 0 fully saturated rings. The fraction of sp³-hybridized carbons (Fsp3) is 0.0417. The number of benzene rings is 3. The molecule has 0 spiro atoms. The quantitative estimate of drug-likeness (QED) is 0.357. The molecule has 0 aliphatic rings. The highest BCUT2D eigenvalue weighted by Crippen LogP contribution is 2.40. The van der Waals surface area contributed by atoms with Crippen LogP contribution in [0.3, 0.4) is 0 Å². The minimum Gasteiger partial charge on any atom is -0.408 e. The van der Waals surface area contributed by atoms with Gasteiger partial charge in [0, 0.05) is 11.1 Å². The van der Waals surface area contributed by atoms with Crippen LogP contribution in [0.5, 0.6) is 0 Å². The normalized spacial score (nSPS) is 11.0. The Morgan fingerprint density at radius 3 is 2.13 bits per heavy atom. The molecule has 6 heteroatoms. The molecule has 5 aromatic rings. The van der Waals surface area contributed by atoms with Crippen molar-refractivity contribution in [1.29, 1.82) is 0 Å². The molecule has 1 N–H and O–H groups in total. The second-order valence-corrected chi connectivity index (χ2v) is 7.34. The Morgan fingerprint density at radius 1 is 0.833 bits per heavy atom. The Labute approximate surface area is 178 Å². The van der Waals surface area contributed by atoms with Crippen molar-refractivity contribution < 1.29 is 4.42 Å². The first-order valence-corrected chi connectivity index (χ1v) is 9.98. The highest BCUT2D eigenvalue weighted by molar-refractivity contribution is 7.71. The summed E-state index contributed by atoms with van der Waals surface area (Å²) < 4.78 is 7.62. The van der Waals surface area contributed by atoms with Crippen molar-refractivity contribution in [2.24, 2.45) is 0 Å². The molecule has 146 valence electrons. The molecule has 0 saturated heterocycles. The number of hydrogen-bond acceptors (Lipinski definition) is 4. The lowest BCUT2D eigenvalue weighted by atomic mass is 9.98. The summed E-state index contributed by atoms with van der Waals surface area (Å²) in [6, 6.07) is 28.5. The van der Waals surface area contributed by atoms with Crippen LogP contribution in [0.4, 0.5) is 0 Å². The van der Waals surface area contributed by atoms with Gasteiger partial charge in [-0.3, -0.25) is 0 Å². The summed E-state index contributed by atoms with van der Waals surface area (Å²) in [5, 5.41) is 12.1. The maximum atomic E-state index is 5.75. The van der Waals surface area contributed by atoms with E-state index in [0.717, 1.165) is 33.8 Å². The molecular formula is C24H18N4OS. The molecule has 0 bridgehead atoms. The summed E-state index contributed by atoms with van der Waals surface area (Å²) in [6.45, 7) is 2.07. The fourth-order valence-corrected chi connectivity index (χ4v) is 3.62. The highest BCUT2D eigenvalue weighted by Gasteiger charge is 2.25. The Balaban J connectivity index is 1.89. The number of nitrogens with zero attached hydrogens (tertiary/aromatic N) is 3. The minimum absolute atomic E-state index is 0.224. The van der Waals surface area contributed by atoms with Crippen molar-refractivity contribution in [3.63, 3.8) is 0 Å². The van der Waals surface area contributed by atoms with Crippen molar-refractivity contribution in [3.05, 3.63) is 95.3 Å². The topological polar surface area (TPSA) is 59.6 Å². The number of aryl methyl sites for hydroxylation is 1. The SMILES string of the molecule is Cc1ccc(-c2c(-c3ccccc3)nn(-c3ccccc3)c2-c2n[nH]c(=S)o2)cc1. The minimum atomic E-state index is 0.224. The molecule has 2 heterocycles. The summed E-state index contributed by atoms with van der Waals surface area (Å²) >= 11 is 5.16. The van der Waals surface area contributed by atoms with E-state index in [-0.39, 0.29) is 4.84 Å². The summed E-state index contributed by atoms with van der Waals surface area (Å²) in [7, 11) is 0. The van der Waals surface area contributed by atoms with E-state index in [2.05, 4.69) is 53.5 Å². The molecule has 5 nitrogen and oxygen atoms in total. The van der Waals surface area contributed by atoms with Gasteiger partial charge in [0.05, 0.1) is 5.69 Å². The van der Waals surface area contributed by atoms with Crippen LogP contribution in [0.15, 0.2) is 89.3 Å². The number of nitrogens with one attached hydrogen (secondary N) is 1. The zero-order valence-electron chi connectivity index (χ0n) is 16.2. The predicted molar refractivity (Wildman–Crippen MR) is 120 cm³/mol. The number of hydrogen-bond donors (Lipinski definition) is 1. The average Bonchev–Trinajstić information content (AvgIpc) is 3.39. The third kappa shape index (κ3) is 3.27. The molecule has 0 amide bonds. The van der Waals surface area contributed by atoms with Gasteiger partial charge in [-0.25, -0.2) is 9.78 Å². The van der Waals surface area contributed by atoms with Gasteiger partial charge in [-0.2, -0.15) is 5.10 Å². The van der Waals surface area contributed by atoms with E-state index in [1.807, 2.05) is 53.2 Å². The summed E-state index contributed by atoms with van der Waals surface area (Å²) in [6.07, 6.45) is 0.